The first-order valence-electron chi connectivity index (χ1n) is 10.9. The van der Waals surface area contributed by atoms with Crippen LogP contribution in [0.25, 0.3) is 0 Å². The van der Waals surface area contributed by atoms with Gasteiger partial charge in [-0.1, -0.05) is 38.1 Å². The maximum atomic E-state index is 13.2. The van der Waals surface area contributed by atoms with Crippen molar-refractivity contribution in [3.05, 3.63) is 53.1 Å². The van der Waals surface area contributed by atoms with Crippen LogP contribution in [0.15, 0.2) is 36.4 Å². The van der Waals surface area contributed by atoms with E-state index in [1.807, 2.05) is 26.0 Å². The number of hydrogen-bond donors (Lipinski definition) is 2. The average molecular weight is 441 g/mol. The van der Waals surface area contributed by atoms with Crippen molar-refractivity contribution in [2.75, 3.05) is 21.3 Å². The molecule has 3 rings (SSSR count). The lowest BCUT2D eigenvalue weighted by atomic mass is 9.87. The number of benzene rings is 2. The topological polar surface area (TPSA) is 85.9 Å². The Balaban J connectivity index is 1.78. The fourth-order valence-corrected chi connectivity index (χ4v) is 4.14. The molecule has 0 fully saturated rings. The third-order valence-corrected chi connectivity index (χ3v) is 5.85. The number of methoxy groups -OCH3 is 3. The lowest BCUT2D eigenvalue weighted by Gasteiger charge is -2.29. The van der Waals surface area contributed by atoms with Crippen LogP contribution in [0.3, 0.4) is 0 Å². The molecule has 1 aliphatic rings. The van der Waals surface area contributed by atoms with Crippen molar-refractivity contribution < 1.29 is 23.8 Å². The van der Waals surface area contributed by atoms with Gasteiger partial charge in [-0.05, 0) is 48.4 Å². The van der Waals surface area contributed by atoms with Gasteiger partial charge in [0.15, 0.2) is 11.5 Å². The Kier molecular flexibility index (Phi) is 7.62. The summed E-state index contributed by atoms with van der Waals surface area (Å²) in [5, 5.41) is 6.04. The maximum Gasteiger partial charge on any atom is 0.252 e. The van der Waals surface area contributed by atoms with E-state index < -0.39 is 6.04 Å². The van der Waals surface area contributed by atoms with E-state index in [-0.39, 0.29) is 23.8 Å². The van der Waals surface area contributed by atoms with Crippen molar-refractivity contribution in [2.24, 2.45) is 5.92 Å². The maximum absolute atomic E-state index is 13.2. The molecule has 0 spiro atoms. The van der Waals surface area contributed by atoms with E-state index in [2.05, 4.69) is 22.8 Å². The second-order valence-corrected chi connectivity index (χ2v) is 8.26. The zero-order valence-electron chi connectivity index (χ0n) is 19.4. The highest BCUT2D eigenvalue weighted by molar-refractivity contribution is 5.98. The molecule has 0 aromatic heterocycles. The molecule has 2 amide bonds. The van der Waals surface area contributed by atoms with Crippen molar-refractivity contribution in [2.45, 2.75) is 45.2 Å². The number of carbonyl (C=O) groups is 2. The van der Waals surface area contributed by atoms with Gasteiger partial charge < -0.3 is 24.8 Å². The van der Waals surface area contributed by atoms with E-state index in [1.165, 1.54) is 26.9 Å². The quantitative estimate of drug-likeness (QED) is 0.654. The van der Waals surface area contributed by atoms with Crippen LogP contribution in [0.5, 0.6) is 17.2 Å². The number of nitrogens with one attached hydrogen (secondary N) is 2. The molecule has 0 aliphatic heterocycles. The standard InChI is InChI=1S/C25H32N2O5/c1-15(2)22(25(29)26-19-12-8-10-16-9-6-7-11-18(16)19)27-24(28)17-13-20(30-3)23(32-5)21(14-17)31-4/h6-7,9,11,13-15,19,22H,8,10,12H2,1-5H3,(H,26,29)(H,27,28)/t19-,22+/m1/s1. The van der Waals surface area contributed by atoms with Crippen LogP contribution < -0.4 is 24.8 Å². The molecule has 0 saturated carbocycles. The van der Waals surface area contributed by atoms with Crippen molar-refractivity contribution >= 4 is 11.8 Å². The Hall–Kier alpha value is -3.22. The van der Waals surface area contributed by atoms with Crippen molar-refractivity contribution in [3.8, 4) is 17.2 Å². The van der Waals surface area contributed by atoms with Crippen molar-refractivity contribution in [1.82, 2.24) is 10.6 Å². The van der Waals surface area contributed by atoms with E-state index in [1.54, 1.807) is 12.1 Å². The lowest BCUT2D eigenvalue weighted by molar-refractivity contribution is -0.124. The van der Waals surface area contributed by atoms with Crippen LogP contribution >= 0.6 is 0 Å². The lowest BCUT2D eigenvalue weighted by Crippen LogP contribution is -2.50. The summed E-state index contributed by atoms with van der Waals surface area (Å²) in [5.41, 5.74) is 2.75. The summed E-state index contributed by atoms with van der Waals surface area (Å²) in [4.78, 5) is 26.2. The summed E-state index contributed by atoms with van der Waals surface area (Å²) < 4.78 is 16.0. The number of aryl methyl sites for hydroxylation is 1. The third kappa shape index (κ3) is 4.98. The molecule has 2 N–H and O–H groups in total. The normalized spacial score (nSPS) is 16.0. The highest BCUT2D eigenvalue weighted by Crippen LogP contribution is 2.38. The number of amides is 2. The van der Waals surface area contributed by atoms with Gasteiger partial charge in [0.25, 0.3) is 5.91 Å². The smallest absolute Gasteiger partial charge is 0.252 e. The first kappa shape index (κ1) is 23.4. The minimum atomic E-state index is -0.685. The number of hydrogen-bond acceptors (Lipinski definition) is 5. The molecule has 2 aromatic rings. The Morgan fingerprint density at radius 2 is 1.66 bits per heavy atom. The average Bonchev–Trinajstić information content (AvgIpc) is 2.81. The molecule has 0 saturated heterocycles. The Bertz CT molecular complexity index is 948. The number of ether oxygens (including phenoxy) is 3. The van der Waals surface area contributed by atoms with Gasteiger partial charge in [-0.3, -0.25) is 9.59 Å². The molecule has 32 heavy (non-hydrogen) atoms. The van der Waals surface area contributed by atoms with E-state index in [0.717, 1.165) is 24.8 Å². The third-order valence-electron chi connectivity index (χ3n) is 5.85. The summed E-state index contributed by atoms with van der Waals surface area (Å²) in [5.74, 6) is 0.479. The fraction of sp³-hybridized carbons (Fsp3) is 0.440. The summed E-state index contributed by atoms with van der Waals surface area (Å²) >= 11 is 0. The van der Waals surface area contributed by atoms with Crippen LogP contribution in [-0.2, 0) is 11.2 Å². The second-order valence-electron chi connectivity index (χ2n) is 8.26. The largest absolute Gasteiger partial charge is 0.493 e. The van der Waals surface area contributed by atoms with E-state index >= 15 is 0 Å². The van der Waals surface area contributed by atoms with Gasteiger partial charge in [-0.2, -0.15) is 0 Å². The molecular formula is C25H32N2O5. The fourth-order valence-electron chi connectivity index (χ4n) is 4.14. The minimum absolute atomic E-state index is 0.0493. The van der Waals surface area contributed by atoms with E-state index in [9.17, 15) is 9.59 Å². The van der Waals surface area contributed by atoms with Gasteiger partial charge in [0, 0.05) is 5.56 Å². The van der Waals surface area contributed by atoms with Gasteiger partial charge in [0.2, 0.25) is 11.7 Å². The molecule has 1 aliphatic carbocycles. The van der Waals surface area contributed by atoms with Gasteiger partial charge in [-0.25, -0.2) is 0 Å². The molecule has 0 bridgehead atoms. The molecular weight excluding hydrogens is 408 g/mol. The summed E-state index contributed by atoms with van der Waals surface area (Å²) in [6.45, 7) is 3.82. The SMILES string of the molecule is COc1cc(C(=O)N[C@H](C(=O)N[C@@H]2CCCc3ccccc32)C(C)C)cc(OC)c1OC. The highest BCUT2D eigenvalue weighted by atomic mass is 16.5. The van der Waals surface area contributed by atoms with Crippen LogP contribution in [-0.4, -0.2) is 39.2 Å². The van der Waals surface area contributed by atoms with Gasteiger partial charge in [0.05, 0.1) is 27.4 Å². The van der Waals surface area contributed by atoms with Crippen LogP contribution in [0.4, 0.5) is 0 Å². The molecule has 172 valence electrons. The zero-order chi connectivity index (χ0) is 23.3. The summed E-state index contributed by atoms with van der Waals surface area (Å²) in [6, 6.07) is 10.6. The molecule has 7 nitrogen and oxygen atoms in total. The predicted molar refractivity (Wildman–Crippen MR) is 122 cm³/mol. The molecule has 0 unspecified atom stereocenters. The monoisotopic (exact) mass is 440 g/mol. The Morgan fingerprint density at radius 3 is 2.25 bits per heavy atom. The minimum Gasteiger partial charge on any atom is -0.493 e. The zero-order valence-corrected chi connectivity index (χ0v) is 19.4. The number of carbonyl (C=O) groups excluding carboxylic acids is 2. The highest BCUT2D eigenvalue weighted by Gasteiger charge is 2.29. The Labute approximate surface area is 189 Å². The van der Waals surface area contributed by atoms with Crippen molar-refractivity contribution in [1.29, 1.82) is 0 Å². The number of rotatable bonds is 8. The number of fused-ring (bicyclic) bond motifs is 1. The van der Waals surface area contributed by atoms with Gasteiger partial charge >= 0.3 is 0 Å². The molecule has 0 heterocycles. The first-order valence-corrected chi connectivity index (χ1v) is 10.9. The van der Waals surface area contributed by atoms with Crippen molar-refractivity contribution in [3.63, 3.8) is 0 Å². The molecule has 7 heteroatoms. The predicted octanol–water partition coefficient (Wildman–Crippen LogP) is 3.66. The van der Waals surface area contributed by atoms with Crippen LogP contribution in [0.2, 0.25) is 0 Å². The summed E-state index contributed by atoms with van der Waals surface area (Å²) in [7, 11) is 4.49. The second kappa shape index (κ2) is 10.4. The van der Waals surface area contributed by atoms with E-state index in [4.69, 9.17) is 14.2 Å². The van der Waals surface area contributed by atoms with Gasteiger partial charge in [0.1, 0.15) is 6.04 Å². The molecule has 2 aromatic carbocycles. The first-order chi connectivity index (χ1) is 15.4. The van der Waals surface area contributed by atoms with Gasteiger partial charge in [-0.15, -0.1) is 0 Å². The Morgan fingerprint density at radius 1 is 1.00 bits per heavy atom. The molecule has 2 atom stereocenters. The van der Waals surface area contributed by atoms with Crippen LogP contribution in [0, 0.1) is 5.92 Å². The summed E-state index contributed by atoms with van der Waals surface area (Å²) in [6.07, 6.45) is 2.93. The van der Waals surface area contributed by atoms with E-state index in [0.29, 0.717) is 22.8 Å². The molecule has 0 radical (unpaired) electrons. The van der Waals surface area contributed by atoms with Crippen LogP contribution in [0.1, 0.15) is 54.2 Å².